The summed E-state index contributed by atoms with van der Waals surface area (Å²) >= 11 is 6.35. The molecule has 2 aromatic heterocycles. The molecule has 0 atom stereocenters. The van der Waals surface area contributed by atoms with Gasteiger partial charge in [0, 0.05) is 51.7 Å². The van der Waals surface area contributed by atoms with E-state index in [1.807, 2.05) is 0 Å². The smallest absolute Gasteiger partial charge is 0.336 e. The Morgan fingerprint density at radius 1 is 1.18 bits per heavy atom. The second-order valence-corrected chi connectivity index (χ2v) is 10.0. The molecule has 3 heterocycles. The summed E-state index contributed by atoms with van der Waals surface area (Å²) in [6.45, 7) is 2.97. The molecule has 0 unspecified atom stereocenters. The van der Waals surface area contributed by atoms with Crippen LogP contribution < -0.4 is 10.6 Å². The number of anilines is 1. The van der Waals surface area contributed by atoms with E-state index < -0.39 is 17.8 Å². The van der Waals surface area contributed by atoms with Crippen molar-refractivity contribution in [3.63, 3.8) is 0 Å². The Morgan fingerprint density at radius 3 is 2.48 bits per heavy atom. The third-order valence-corrected chi connectivity index (χ3v) is 7.34. The Hall–Kier alpha value is -2.80. The zero-order chi connectivity index (χ0) is 27.0. The number of alkyl halides is 3. The van der Waals surface area contributed by atoms with E-state index in [2.05, 4.69) is 20.7 Å². The number of nitrogens with zero attached hydrogens (tertiary/aromatic N) is 5. The minimum absolute atomic E-state index is 0. The van der Waals surface area contributed by atoms with Crippen LogP contribution >= 0.6 is 36.4 Å². The molecule has 40 heavy (non-hydrogen) atoms. The van der Waals surface area contributed by atoms with Gasteiger partial charge in [0.1, 0.15) is 0 Å². The topological polar surface area (TPSA) is 97.1 Å². The van der Waals surface area contributed by atoms with Crippen molar-refractivity contribution in [2.75, 3.05) is 31.5 Å². The molecular formula is C25H29Cl3F3N7O2. The summed E-state index contributed by atoms with van der Waals surface area (Å²) in [6.07, 6.45) is 0.965. The second-order valence-electron chi connectivity index (χ2n) is 9.63. The normalized spacial score (nSPS) is 15.6. The first-order valence-corrected chi connectivity index (χ1v) is 12.8. The highest BCUT2D eigenvalue weighted by molar-refractivity contribution is 6.34. The molecule has 9 nitrogen and oxygen atoms in total. The minimum Gasteiger partial charge on any atom is -0.336 e. The summed E-state index contributed by atoms with van der Waals surface area (Å²) in [5.41, 5.74) is -0.375. The van der Waals surface area contributed by atoms with E-state index in [0.29, 0.717) is 49.9 Å². The van der Waals surface area contributed by atoms with Crippen molar-refractivity contribution in [3.8, 4) is 11.3 Å². The monoisotopic (exact) mass is 621 g/mol. The summed E-state index contributed by atoms with van der Waals surface area (Å²) in [6, 6.07) is 4.55. The van der Waals surface area contributed by atoms with Gasteiger partial charge in [0.25, 0.3) is 11.8 Å². The molecule has 1 saturated carbocycles. The van der Waals surface area contributed by atoms with E-state index in [0.717, 1.165) is 19.3 Å². The molecule has 2 N–H and O–H groups in total. The summed E-state index contributed by atoms with van der Waals surface area (Å²) in [4.78, 5) is 31.5. The zero-order valence-corrected chi connectivity index (χ0v) is 23.9. The highest BCUT2D eigenvalue weighted by atomic mass is 35.5. The summed E-state index contributed by atoms with van der Waals surface area (Å²) in [5.74, 6) is -0.591. The Kier molecular flexibility index (Phi) is 10.2. The number of amides is 2. The predicted molar refractivity (Wildman–Crippen MR) is 149 cm³/mol. The number of rotatable bonds is 6. The molecule has 218 valence electrons. The summed E-state index contributed by atoms with van der Waals surface area (Å²) in [7, 11) is 1.48. The number of benzene rings is 1. The van der Waals surface area contributed by atoms with Crippen LogP contribution in [0.3, 0.4) is 0 Å². The maximum absolute atomic E-state index is 13.8. The maximum atomic E-state index is 13.8. The van der Waals surface area contributed by atoms with Gasteiger partial charge in [0.05, 0.1) is 28.0 Å². The number of piperazine rings is 1. The van der Waals surface area contributed by atoms with Gasteiger partial charge in [-0.1, -0.05) is 18.0 Å². The quantitative estimate of drug-likeness (QED) is 0.408. The molecule has 0 radical (unpaired) electrons. The average Bonchev–Trinajstić information content (AvgIpc) is 3.45. The standard InChI is InChI=1S/C25H27ClF3N7O2.2ClH/c1-34-20(18-14-36(13-15-3-2-4-15)33-21(18)25(27,28)29)12-31-22(34)23(37)32-16-5-6-17(19(26)11-16)24(38)35-9-7-30-8-10-35;;/h5-6,11-12,14-15,30H,2-4,7-10,13H2,1H3,(H,32,37);2*1H. The maximum Gasteiger partial charge on any atom is 0.435 e. The number of nitrogens with one attached hydrogen (secondary N) is 2. The van der Waals surface area contributed by atoms with Gasteiger partial charge in [0.15, 0.2) is 11.5 Å². The van der Waals surface area contributed by atoms with Crippen molar-refractivity contribution >= 4 is 53.9 Å². The minimum atomic E-state index is -4.66. The molecule has 2 amide bonds. The highest BCUT2D eigenvalue weighted by Crippen LogP contribution is 2.37. The largest absolute Gasteiger partial charge is 0.435 e. The first-order valence-electron chi connectivity index (χ1n) is 12.4. The average molecular weight is 623 g/mol. The van der Waals surface area contributed by atoms with Crippen molar-refractivity contribution in [3.05, 3.63) is 52.7 Å². The lowest BCUT2D eigenvalue weighted by molar-refractivity contribution is -0.141. The van der Waals surface area contributed by atoms with Gasteiger partial charge >= 0.3 is 6.18 Å². The Labute approximate surface area is 246 Å². The molecule has 2 aliphatic rings. The molecule has 2 fully saturated rings. The van der Waals surface area contributed by atoms with E-state index in [1.165, 1.54) is 40.8 Å². The van der Waals surface area contributed by atoms with Crippen molar-refractivity contribution in [1.29, 1.82) is 0 Å². The third-order valence-electron chi connectivity index (χ3n) is 7.03. The summed E-state index contributed by atoms with van der Waals surface area (Å²) < 4.78 is 44.0. The van der Waals surface area contributed by atoms with Gasteiger partial charge in [-0.25, -0.2) is 4.98 Å². The molecule has 1 aromatic carbocycles. The van der Waals surface area contributed by atoms with Crippen LogP contribution in [0.1, 0.15) is 45.9 Å². The van der Waals surface area contributed by atoms with Crippen molar-refractivity contribution in [1.82, 2.24) is 29.5 Å². The fraction of sp³-hybridized carbons (Fsp3) is 0.440. The van der Waals surface area contributed by atoms with Crippen molar-refractivity contribution < 1.29 is 22.8 Å². The van der Waals surface area contributed by atoms with Gasteiger partial charge < -0.3 is 20.1 Å². The molecule has 1 saturated heterocycles. The fourth-order valence-electron chi connectivity index (χ4n) is 4.71. The number of hydrogen-bond donors (Lipinski definition) is 2. The van der Waals surface area contributed by atoms with Crippen LogP contribution in [-0.2, 0) is 19.8 Å². The lowest BCUT2D eigenvalue weighted by Gasteiger charge is -2.27. The lowest BCUT2D eigenvalue weighted by atomic mass is 9.85. The molecule has 3 aromatic rings. The first-order chi connectivity index (χ1) is 18.1. The van der Waals surface area contributed by atoms with Crippen molar-refractivity contribution in [2.24, 2.45) is 13.0 Å². The highest BCUT2D eigenvalue weighted by Gasteiger charge is 2.39. The van der Waals surface area contributed by atoms with Crippen LogP contribution in [0.5, 0.6) is 0 Å². The summed E-state index contributed by atoms with van der Waals surface area (Å²) in [5, 5.41) is 9.83. The first kappa shape index (κ1) is 31.7. The van der Waals surface area contributed by atoms with Crippen LogP contribution in [0.15, 0.2) is 30.6 Å². The molecule has 0 spiro atoms. The van der Waals surface area contributed by atoms with E-state index >= 15 is 0 Å². The van der Waals surface area contributed by atoms with Crippen LogP contribution in [0.4, 0.5) is 18.9 Å². The van der Waals surface area contributed by atoms with E-state index in [9.17, 15) is 22.8 Å². The van der Waals surface area contributed by atoms with Crippen molar-refractivity contribution in [2.45, 2.75) is 32.0 Å². The van der Waals surface area contributed by atoms with Gasteiger partial charge in [-0.3, -0.25) is 14.3 Å². The molecule has 1 aliphatic heterocycles. The molecular weight excluding hydrogens is 594 g/mol. The third kappa shape index (κ3) is 6.56. The Balaban J connectivity index is 0.00000220. The van der Waals surface area contributed by atoms with Gasteiger partial charge in [-0.05, 0) is 37.0 Å². The molecule has 5 rings (SSSR count). The molecule has 15 heteroatoms. The van der Waals surface area contributed by atoms with Crippen LogP contribution in [0.25, 0.3) is 11.3 Å². The van der Waals surface area contributed by atoms with E-state index in [4.69, 9.17) is 11.6 Å². The van der Waals surface area contributed by atoms with Gasteiger partial charge in [-0.2, -0.15) is 18.3 Å². The SMILES string of the molecule is Cl.Cl.Cn1c(-c2cn(CC3CCC3)nc2C(F)(F)F)cnc1C(=O)Nc1ccc(C(=O)N2CCNCC2)c(Cl)c1. The van der Waals surface area contributed by atoms with Gasteiger partial charge in [-0.15, -0.1) is 24.8 Å². The number of imidazole rings is 1. The number of halogens is 6. The fourth-order valence-corrected chi connectivity index (χ4v) is 4.98. The number of carbonyl (C=O) groups excluding carboxylic acids is 2. The Morgan fingerprint density at radius 2 is 1.88 bits per heavy atom. The van der Waals surface area contributed by atoms with Gasteiger partial charge in [0.2, 0.25) is 0 Å². The second kappa shape index (κ2) is 12.8. The zero-order valence-electron chi connectivity index (χ0n) is 21.5. The van der Waals surface area contributed by atoms with Crippen LogP contribution in [0, 0.1) is 5.92 Å². The number of aromatic nitrogens is 4. The predicted octanol–water partition coefficient (Wildman–Crippen LogP) is 4.90. The molecule has 0 bridgehead atoms. The van der Waals surface area contributed by atoms with Crippen LogP contribution in [-0.4, -0.2) is 62.2 Å². The Bertz CT molecular complexity index is 1370. The van der Waals surface area contributed by atoms with E-state index in [1.54, 1.807) is 11.0 Å². The molecule has 1 aliphatic carbocycles. The van der Waals surface area contributed by atoms with E-state index in [-0.39, 0.29) is 52.8 Å². The number of hydrogen-bond acceptors (Lipinski definition) is 5. The lowest BCUT2D eigenvalue weighted by Crippen LogP contribution is -2.46. The van der Waals surface area contributed by atoms with Crippen LogP contribution in [0.2, 0.25) is 5.02 Å². The number of carbonyl (C=O) groups is 2.